The standard InChI is InChI=1S/C12H14O2/c1-14-11(13)12(7-8-12)9-10-5-3-2-4-6-10/h2-6H,7-9H2,1H3. The lowest BCUT2D eigenvalue weighted by Gasteiger charge is -2.11. The SMILES string of the molecule is COC(=O)C1(Cc2ccccc2)CC1. The molecule has 14 heavy (non-hydrogen) atoms. The summed E-state index contributed by atoms with van der Waals surface area (Å²) in [4.78, 5) is 11.5. The zero-order valence-corrected chi connectivity index (χ0v) is 8.32. The third-order valence-corrected chi connectivity index (χ3v) is 2.86. The summed E-state index contributed by atoms with van der Waals surface area (Å²) in [6.45, 7) is 0. The van der Waals surface area contributed by atoms with Crippen molar-refractivity contribution in [2.75, 3.05) is 7.11 Å². The maximum absolute atomic E-state index is 11.5. The molecule has 0 heterocycles. The minimum absolute atomic E-state index is 0.0543. The third-order valence-electron chi connectivity index (χ3n) is 2.86. The third kappa shape index (κ3) is 1.65. The summed E-state index contributed by atoms with van der Waals surface area (Å²) in [6, 6.07) is 10.1. The molecule has 1 aliphatic rings. The molecule has 2 nitrogen and oxygen atoms in total. The van der Waals surface area contributed by atoms with Crippen LogP contribution in [0.15, 0.2) is 30.3 Å². The maximum Gasteiger partial charge on any atom is 0.312 e. The fourth-order valence-corrected chi connectivity index (χ4v) is 1.81. The van der Waals surface area contributed by atoms with E-state index in [1.807, 2.05) is 18.2 Å². The molecule has 0 unspecified atom stereocenters. The van der Waals surface area contributed by atoms with E-state index in [2.05, 4.69) is 12.1 Å². The van der Waals surface area contributed by atoms with Crippen LogP contribution in [0.3, 0.4) is 0 Å². The molecule has 0 aliphatic heterocycles. The number of hydrogen-bond acceptors (Lipinski definition) is 2. The average Bonchev–Trinajstić information content (AvgIpc) is 2.99. The molecule has 0 saturated heterocycles. The summed E-state index contributed by atoms with van der Waals surface area (Å²) >= 11 is 0. The van der Waals surface area contributed by atoms with Gasteiger partial charge in [0.2, 0.25) is 0 Å². The first kappa shape index (κ1) is 9.25. The Morgan fingerprint density at radius 1 is 1.36 bits per heavy atom. The second kappa shape index (κ2) is 3.45. The van der Waals surface area contributed by atoms with Crippen LogP contribution < -0.4 is 0 Å². The molecule has 2 heteroatoms. The van der Waals surface area contributed by atoms with Crippen LogP contribution in [0.1, 0.15) is 18.4 Å². The van der Waals surface area contributed by atoms with Crippen LogP contribution in [0.25, 0.3) is 0 Å². The molecule has 0 N–H and O–H groups in total. The molecule has 0 radical (unpaired) electrons. The highest BCUT2D eigenvalue weighted by atomic mass is 16.5. The Labute approximate surface area is 83.9 Å². The zero-order chi connectivity index (χ0) is 10.0. The van der Waals surface area contributed by atoms with Crippen LogP contribution in [-0.2, 0) is 16.0 Å². The van der Waals surface area contributed by atoms with E-state index in [1.165, 1.54) is 12.7 Å². The highest BCUT2D eigenvalue weighted by Crippen LogP contribution is 2.49. The van der Waals surface area contributed by atoms with Gasteiger partial charge in [0.05, 0.1) is 12.5 Å². The Kier molecular flexibility index (Phi) is 2.28. The number of carbonyl (C=O) groups excluding carboxylic acids is 1. The lowest BCUT2D eigenvalue weighted by Crippen LogP contribution is -2.19. The van der Waals surface area contributed by atoms with Crippen molar-refractivity contribution >= 4 is 5.97 Å². The van der Waals surface area contributed by atoms with E-state index in [0.717, 1.165) is 19.3 Å². The quantitative estimate of drug-likeness (QED) is 0.683. The monoisotopic (exact) mass is 190 g/mol. The molecule has 1 aromatic rings. The van der Waals surface area contributed by atoms with E-state index in [9.17, 15) is 4.79 Å². The second-order valence-electron chi connectivity index (χ2n) is 3.93. The van der Waals surface area contributed by atoms with Gasteiger partial charge in [-0.15, -0.1) is 0 Å². The van der Waals surface area contributed by atoms with Gasteiger partial charge in [0.15, 0.2) is 0 Å². The van der Waals surface area contributed by atoms with Gasteiger partial charge in [-0.1, -0.05) is 30.3 Å². The number of hydrogen-bond donors (Lipinski definition) is 0. The fourth-order valence-electron chi connectivity index (χ4n) is 1.81. The van der Waals surface area contributed by atoms with Gasteiger partial charge in [0.25, 0.3) is 0 Å². The molecule has 2 rings (SSSR count). The van der Waals surface area contributed by atoms with Crippen LogP contribution in [0, 0.1) is 5.41 Å². The lowest BCUT2D eigenvalue weighted by atomic mass is 9.97. The summed E-state index contributed by atoms with van der Waals surface area (Å²) in [7, 11) is 1.47. The first-order chi connectivity index (χ1) is 6.77. The van der Waals surface area contributed by atoms with Gasteiger partial charge in [-0.25, -0.2) is 0 Å². The van der Waals surface area contributed by atoms with E-state index in [0.29, 0.717) is 0 Å². The molecule has 1 saturated carbocycles. The summed E-state index contributed by atoms with van der Waals surface area (Å²) in [6.07, 6.45) is 2.75. The van der Waals surface area contributed by atoms with Gasteiger partial charge in [0, 0.05) is 0 Å². The first-order valence-corrected chi connectivity index (χ1v) is 4.89. The fraction of sp³-hybridized carbons (Fsp3) is 0.417. The Hall–Kier alpha value is -1.31. The van der Waals surface area contributed by atoms with Gasteiger partial charge in [-0.3, -0.25) is 4.79 Å². The molecule has 0 amide bonds. The molecule has 74 valence electrons. The molecule has 0 bridgehead atoms. The minimum atomic E-state index is -0.198. The number of ether oxygens (including phenoxy) is 1. The van der Waals surface area contributed by atoms with Gasteiger partial charge >= 0.3 is 5.97 Å². The molecular formula is C12H14O2. The normalized spacial score (nSPS) is 17.5. The van der Waals surface area contributed by atoms with Crippen molar-refractivity contribution in [3.63, 3.8) is 0 Å². The summed E-state index contributed by atoms with van der Waals surface area (Å²) in [5, 5.41) is 0. The summed E-state index contributed by atoms with van der Waals surface area (Å²) in [5.74, 6) is -0.0543. The van der Waals surface area contributed by atoms with Crippen LogP contribution in [-0.4, -0.2) is 13.1 Å². The smallest absolute Gasteiger partial charge is 0.312 e. The van der Waals surface area contributed by atoms with Crippen molar-refractivity contribution < 1.29 is 9.53 Å². The van der Waals surface area contributed by atoms with Crippen molar-refractivity contribution in [3.05, 3.63) is 35.9 Å². The average molecular weight is 190 g/mol. The van der Waals surface area contributed by atoms with Gasteiger partial charge in [-0.05, 0) is 24.8 Å². The topological polar surface area (TPSA) is 26.3 Å². The molecular weight excluding hydrogens is 176 g/mol. The number of esters is 1. The lowest BCUT2D eigenvalue weighted by molar-refractivity contribution is -0.147. The molecule has 1 aromatic carbocycles. The number of rotatable bonds is 3. The Morgan fingerprint density at radius 3 is 2.50 bits per heavy atom. The number of methoxy groups -OCH3 is 1. The Morgan fingerprint density at radius 2 is 2.00 bits per heavy atom. The van der Waals surface area contributed by atoms with Crippen LogP contribution >= 0.6 is 0 Å². The molecule has 1 aliphatic carbocycles. The van der Waals surface area contributed by atoms with Gasteiger partial charge < -0.3 is 4.74 Å². The highest BCUT2D eigenvalue weighted by molar-refractivity contribution is 5.80. The highest BCUT2D eigenvalue weighted by Gasteiger charge is 2.50. The van der Waals surface area contributed by atoms with Crippen molar-refractivity contribution in [1.29, 1.82) is 0 Å². The van der Waals surface area contributed by atoms with E-state index < -0.39 is 0 Å². The molecule has 0 spiro atoms. The van der Waals surface area contributed by atoms with Gasteiger partial charge in [0.1, 0.15) is 0 Å². The maximum atomic E-state index is 11.5. The van der Waals surface area contributed by atoms with E-state index in [-0.39, 0.29) is 11.4 Å². The summed E-state index contributed by atoms with van der Waals surface area (Å²) in [5.41, 5.74) is 1.02. The van der Waals surface area contributed by atoms with Crippen LogP contribution in [0.2, 0.25) is 0 Å². The van der Waals surface area contributed by atoms with Crippen LogP contribution in [0.5, 0.6) is 0 Å². The summed E-state index contributed by atoms with van der Waals surface area (Å²) < 4.78 is 4.81. The van der Waals surface area contributed by atoms with Crippen LogP contribution in [0.4, 0.5) is 0 Å². The minimum Gasteiger partial charge on any atom is -0.469 e. The van der Waals surface area contributed by atoms with E-state index in [4.69, 9.17) is 4.74 Å². The van der Waals surface area contributed by atoms with E-state index >= 15 is 0 Å². The molecule has 0 atom stereocenters. The Balaban J connectivity index is 2.08. The Bertz CT molecular complexity index is 325. The first-order valence-electron chi connectivity index (χ1n) is 4.89. The van der Waals surface area contributed by atoms with Crippen molar-refractivity contribution in [2.45, 2.75) is 19.3 Å². The zero-order valence-electron chi connectivity index (χ0n) is 8.32. The largest absolute Gasteiger partial charge is 0.469 e. The predicted molar refractivity (Wildman–Crippen MR) is 53.8 cm³/mol. The molecule has 1 fully saturated rings. The predicted octanol–water partition coefficient (Wildman–Crippen LogP) is 2.18. The van der Waals surface area contributed by atoms with Gasteiger partial charge in [-0.2, -0.15) is 0 Å². The number of benzene rings is 1. The molecule has 0 aromatic heterocycles. The second-order valence-corrected chi connectivity index (χ2v) is 3.93. The van der Waals surface area contributed by atoms with Crippen molar-refractivity contribution in [1.82, 2.24) is 0 Å². The van der Waals surface area contributed by atoms with Crippen molar-refractivity contribution in [2.24, 2.45) is 5.41 Å². The van der Waals surface area contributed by atoms with E-state index in [1.54, 1.807) is 0 Å². The number of carbonyl (C=O) groups is 1. The van der Waals surface area contributed by atoms with Crippen molar-refractivity contribution in [3.8, 4) is 0 Å².